The summed E-state index contributed by atoms with van der Waals surface area (Å²) in [5.41, 5.74) is 1.17. The van der Waals surface area contributed by atoms with Gasteiger partial charge in [-0.3, -0.25) is 14.2 Å². The number of rotatable bonds is 10. The lowest BCUT2D eigenvalue weighted by Crippen LogP contribution is -2.30. The second-order valence-corrected chi connectivity index (χ2v) is 10.1. The number of anilines is 1. The van der Waals surface area contributed by atoms with Crippen molar-refractivity contribution in [2.24, 2.45) is 0 Å². The highest BCUT2D eigenvalue weighted by molar-refractivity contribution is 7.57. The quantitative estimate of drug-likeness (QED) is 0.231. The molecule has 0 bridgehead atoms. The highest BCUT2D eigenvalue weighted by atomic mass is 31.2. The van der Waals surface area contributed by atoms with Gasteiger partial charge in [-0.15, -0.1) is 0 Å². The number of carbonyl (C=O) groups is 2. The van der Waals surface area contributed by atoms with Crippen LogP contribution in [0.2, 0.25) is 0 Å². The van der Waals surface area contributed by atoms with Gasteiger partial charge in [0, 0.05) is 12.2 Å². The predicted molar refractivity (Wildman–Crippen MR) is 128 cm³/mol. The van der Waals surface area contributed by atoms with Gasteiger partial charge in [0.2, 0.25) is 5.65 Å². The number of imidazole rings is 1. The van der Waals surface area contributed by atoms with Gasteiger partial charge in [-0.1, -0.05) is 18.2 Å². The largest absolute Gasteiger partial charge is 0.410 e. The molecule has 2 aromatic heterocycles. The van der Waals surface area contributed by atoms with Crippen LogP contribution in [0.15, 0.2) is 48.8 Å². The van der Waals surface area contributed by atoms with Crippen molar-refractivity contribution < 1.29 is 28.0 Å². The number of nitrogens with zero attached hydrogens (tertiary/aromatic N) is 5. The molecule has 35 heavy (non-hydrogen) atoms. The molecule has 1 aromatic carbocycles. The number of hydrogen-bond acceptors (Lipinski definition) is 9. The van der Waals surface area contributed by atoms with Gasteiger partial charge >= 0.3 is 7.60 Å². The minimum absolute atomic E-state index is 0.0843. The van der Waals surface area contributed by atoms with Crippen LogP contribution in [0.1, 0.15) is 54.8 Å². The third-order valence-corrected chi connectivity index (χ3v) is 6.82. The molecule has 0 fully saturated rings. The molecule has 184 valence electrons. The number of amides is 2. The van der Waals surface area contributed by atoms with E-state index in [2.05, 4.69) is 15.0 Å². The van der Waals surface area contributed by atoms with Crippen LogP contribution in [-0.4, -0.2) is 50.3 Å². The van der Waals surface area contributed by atoms with Gasteiger partial charge in [-0.05, 0) is 39.8 Å². The Morgan fingerprint density at radius 3 is 2.20 bits per heavy atom. The standard InChI is InChI=1S/C23H26N5O6P/c1-15(2)33-35(31,34-16(3)4)12-8-7-11-32-27-14-26-19-20(27)24-13-25-21(19)28-22(29)17-9-5-6-10-18(17)23(28)30/h5-6,8-10,12-16H,7,11H2,1-4H3/b12-8+. The molecule has 12 heteroatoms. The molecule has 3 heterocycles. The molecule has 0 saturated carbocycles. The fourth-order valence-electron chi connectivity index (χ4n) is 3.55. The van der Waals surface area contributed by atoms with Crippen molar-refractivity contribution in [1.29, 1.82) is 0 Å². The van der Waals surface area contributed by atoms with Crippen molar-refractivity contribution in [2.75, 3.05) is 11.5 Å². The molecule has 11 nitrogen and oxygen atoms in total. The molecular weight excluding hydrogens is 473 g/mol. The van der Waals surface area contributed by atoms with E-state index in [1.54, 1.807) is 58.0 Å². The summed E-state index contributed by atoms with van der Waals surface area (Å²) in [4.78, 5) is 45.0. The third kappa shape index (κ3) is 5.17. The average Bonchev–Trinajstić information content (AvgIpc) is 3.31. The molecule has 1 aliphatic rings. The Balaban J connectivity index is 1.47. The molecule has 0 unspecified atom stereocenters. The molecule has 0 spiro atoms. The number of benzene rings is 1. The molecule has 1 aliphatic heterocycles. The Morgan fingerprint density at radius 2 is 1.60 bits per heavy atom. The molecular formula is C23H26N5O6P. The SMILES string of the molecule is CC(C)OP(=O)(/C=C/CCOn1cnc2c(N3C(=O)c4ccccc4C3=O)ncnc21)OC(C)C. The van der Waals surface area contributed by atoms with E-state index in [4.69, 9.17) is 13.9 Å². The van der Waals surface area contributed by atoms with Crippen LogP contribution in [0.5, 0.6) is 0 Å². The molecule has 0 saturated heterocycles. The summed E-state index contributed by atoms with van der Waals surface area (Å²) in [6.07, 6.45) is 4.19. The number of hydrogen-bond donors (Lipinski definition) is 0. The Bertz CT molecular complexity index is 1290. The normalized spacial score (nSPS) is 14.2. The lowest BCUT2D eigenvalue weighted by Gasteiger charge is -2.19. The summed E-state index contributed by atoms with van der Waals surface area (Å²) in [5, 5.41) is 0. The van der Waals surface area contributed by atoms with Crippen molar-refractivity contribution in [3.05, 3.63) is 59.9 Å². The number of aromatic nitrogens is 4. The van der Waals surface area contributed by atoms with Gasteiger partial charge in [0.25, 0.3) is 11.8 Å². The number of fused-ring (bicyclic) bond motifs is 2. The summed E-state index contributed by atoms with van der Waals surface area (Å²) in [5.74, 6) is 0.581. The first-order chi connectivity index (χ1) is 16.7. The first kappa shape index (κ1) is 24.7. The monoisotopic (exact) mass is 499 g/mol. The van der Waals surface area contributed by atoms with Gasteiger partial charge in [0.1, 0.15) is 19.3 Å². The minimum atomic E-state index is -3.37. The minimum Gasteiger partial charge on any atom is -0.410 e. The Morgan fingerprint density at radius 1 is 0.971 bits per heavy atom. The first-order valence-electron chi connectivity index (χ1n) is 11.1. The van der Waals surface area contributed by atoms with E-state index in [-0.39, 0.29) is 30.1 Å². The van der Waals surface area contributed by atoms with E-state index in [9.17, 15) is 14.2 Å². The van der Waals surface area contributed by atoms with Gasteiger partial charge in [0.05, 0.1) is 23.3 Å². The van der Waals surface area contributed by atoms with Gasteiger partial charge in [-0.25, -0.2) is 19.9 Å². The van der Waals surface area contributed by atoms with E-state index in [0.29, 0.717) is 23.2 Å². The molecule has 0 N–H and O–H groups in total. The van der Waals surface area contributed by atoms with Crippen LogP contribution in [0.3, 0.4) is 0 Å². The average molecular weight is 499 g/mol. The van der Waals surface area contributed by atoms with Crippen LogP contribution in [-0.2, 0) is 13.6 Å². The van der Waals surface area contributed by atoms with Crippen molar-refractivity contribution >= 4 is 36.4 Å². The van der Waals surface area contributed by atoms with Crippen molar-refractivity contribution in [2.45, 2.75) is 46.3 Å². The van der Waals surface area contributed by atoms with Crippen LogP contribution in [0, 0.1) is 0 Å². The zero-order valence-corrected chi connectivity index (χ0v) is 20.7. The lowest BCUT2D eigenvalue weighted by molar-refractivity contribution is 0.0925. The second kappa shape index (κ2) is 10.1. The summed E-state index contributed by atoms with van der Waals surface area (Å²) in [6, 6.07) is 6.59. The highest BCUT2D eigenvalue weighted by Crippen LogP contribution is 2.52. The van der Waals surface area contributed by atoms with Crippen molar-refractivity contribution in [3.8, 4) is 0 Å². The number of carbonyl (C=O) groups excluding carboxylic acids is 2. The molecule has 2 amide bonds. The van der Waals surface area contributed by atoms with E-state index in [0.717, 1.165) is 4.90 Å². The van der Waals surface area contributed by atoms with Crippen molar-refractivity contribution in [1.82, 2.24) is 19.7 Å². The van der Waals surface area contributed by atoms with E-state index < -0.39 is 19.4 Å². The molecule has 0 radical (unpaired) electrons. The molecule has 4 rings (SSSR count). The van der Waals surface area contributed by atoms with E-state index in [1.807, 2.05) is 0 Å². The maximum atomic E-state index is 12.8. The van der Waals surface area contributed by atoms with E-state index in [1.165, 1.54) is 23.2 Å². The summed E-state index contributed by atoms with van der Waals surface area (Å²) in [7, 11) is -3.37. The zero-order chi connectivity index (χ0) is 25.2. The molecule has 0 atom stereocenters. The fourth-order valence-corrected chi connectivity index (χ4v) is 5.32. The summed E-state index contributed by atoms with van der Waals surface area (Å²) in [6.45, 7) is 7.35. The summed E-state index contributed by atoms with van der Waals surface area (Å²) >= 11 is 0. The maximum Gasteiger partial charge on any atom is 0.354 e. The lowest BCUT2D eigenvalue weighted by atomic mass is 10.1. The maximum absolute atomic E-state index is 12.8. The smallest absolute Gasteiger partial charge is 0.354 e. The fraction of sp³-hybridized carbons (Fsp3) is 0.348. The first-order valence-corrected chi connectivity index (χ1v) is 12.7. The van der Waals surface area contributed by atoms with Crippen LogP contribution in [0.4, 0.5) is 5.82 Å². The highest BCUT2D eigenvalue weighted by Gasteiger charge is 2.38. The third-order valence-electron chi connectivity index (χ3n) is 4.81. The topological polar surface area (TPSA) is 126 Å². The Labute approximate surface area is 202 Å². The van der Waals surface area contributed by atoms with E-state index >= 15 is 0 Å². The number of imide groups is 1. The van der Waals surface area contributed by atoms with Crippen LogP contribution in [0.25, 0.3) is 11.2 Å². The molecule has 0 aliphatic carbocycles. The van der Waals surface area contributed by atoms with Gasteiger partial charge in [0.15, 0.2) is 11.3 Å². The van der Waals surface area contributed by atoms with Gasteiger partial charge in [-0.2, -0.15) is 4.73 Å². The zero-order valence-electron chi connectivity index (χ0n) is 19.8. The molecule has 3 aromatic rings. The Hall–Kier alpha value is -3.40. The predicted octanol–water partition coefficient (Wildman–Crippen LogP) is 4.00. The van der Waals surface area contributed by atoms with Crippen LogP contribution >= 0.6 is 7.60 Å². The van der Waals surface area contributed by atoms with Crippen LogP contribution < -0.4 is 9.74 Å². The Kier molecular flexibility index (Phi) is 7.11. The van der Waals surface area contributed by atoms with Gasteiger partial charge < -0.3 is 13.9 Å². The van der Waals surface area contributed by atoms with Crippen molar-refractivity contribution in [3.63, 3.8) is 0 Å². The second-order valence-electron chi connectivity index (χ2n) is 8.29. The summed E-state index contributed by atoms with van der Waals surface area (Å²) < 4.78 is 25.1.